The molecule has 0 bridgehead atoms. The number of nitrogens with zero attached hydrogens (tertiary/aromatic N) is 1. The Balaban J connectivity index is 0.00000324. The highest BCUT2D eigenvalue weighted by molar-refractivity contribution is 5.91. The first-order valence-corrected chi connectivity index (χ1v) is 5.03. The normalized spacial score (nSPS) is 8.84. The summed E-state index contributed by atoms with van der Waals surface area (Å²) in [6.07, 6.45) is 0. The van der Waals surface area contributed by atoms with E-state index < -0.39 is 11.8 Å². The van der Waals surface area contributed by atoms with Crippen molar-refractivity contribution in [3.05, 3.63) is 29.8 Å². The molecule has 0 aliphatic rings. The van der Waals surface area contributed by atoms with Gasteiger partial charge in [-0.1, -0.05) is 0 Å². The lowest BCUT2D eigenvalue weighted by Crippen LogP contribution is -2.34. The Morgan fingerprint density at radius 2 is 1.79 bits per heavy atom. The number of hydrogen-bond donors (Lipinski definition) is 3. The molecule has 0 aliphatic heterocycles. The van der Waals surface area contributed by atoms with Gasteiger partial charge in [-0.05, 0) is 24.3 Å². The summed E-state index contributed by atoms with van der Waals surface area (Å²) in [5.74, 6) is 3.92. The van der Waals surface area contributed by atoms with Crippen molar-refractivity contribution in [3.8, 4) is 6.07 Å². The number of anilines is 1. The van der Waals surface area contributed by atoms with Gasteiger partial charge in [-0.25, -0.2) is 5.84 Å². The zero-order chi connectivity index (χ0) is 13.4. The average molecular weight is 285 g/mol. The van der Waals surface area contributed by atoms with E-state index in [2.05, 4.69) is 5.32 Å². The van der Waals surface area contributed by atoms with Crippen LogP contribution in [0.15, 0.2) is 24.3 Å². The van der Waals surface area contributed by atoms with E-state index in [1.807, 2.05) is 11.5 Å². The predicted octanol–water partition coefficient (Wildman–Crippen LogP) is -0.0749. The third-order valence-electron chi connectivity index (χ3n) is 1.93. The second kappa shape index (κ2) is 8.88. The SMILES string of the molecule is Cl.N#Cc1ccc(NC(=O)COCC(=O)NN)cc1. The van der Waals surface area contributed by atoms with Crippen LogP contribution in [0.4, 0.5) is 5.69 Å². The van der Waals surface area contributed by atoms with Crippen LogP contribution in [0.25, 0.3) is 0 Å². The summed E-state index contributed by atoms with van der Waals surface area (Å²) >= 11 is 0. The maximum absolute atomic E-state index is 11.4. The van der Waals surface area contributed by atoms with Crippen molar-refractivity contribution >= 4 is 29.9 Å². The van der Waals surface area contributed by atoms with Gasteiger partial charge in [-0.3, -0.25) is 15.0 Å². The van der Waals surface area contributed by atoms with Crippen LogP contribution in [0.2, 0.25) is 0 Å². The summed E-state index contributed by atoms with van der Waals surface area (Å²) in [5.41, 5.74) is 2.93. The molecule has 0 saturated carbocycles. The lowest BCUT2D eigenvalue weighted by molar-refractivity contribution is -0.128. The van der Waals surface area contributed by atoms with E-state index in [9.17, 15) is 9.59 Å². The van der Waals surface area contributed by atoms with Gasteiger partial charge in [0.15, 0.2) is 0 Å². The Labute approximate surface area is 116 Å². The van der Waals surface area contributed by atoms with Gasteiger partial charge in [0.1, 0.15) is 13.2 Å². The van der Waals surface area contributed by atoms with Gasteiger partial charge in [0.25, 0.3) is 5.91 Å². The number of nitrogens with one attached hydrogen (secondary N) is 2. The number of hydrogen-bond acceptors (Lipinski definition) is 5. The minimum Gasteiger partial charge on any atom is -0.362 e. The van der Waals surface area contributed by atoms with Gasteiger partial charge in [-0.2, -0.15) is 5.26 Å². The van der Waals surface area contributed by atoms with Crippen molar-refractivity contribution in [1.29, 1.82) is 5.26 Å². The van der Waals surface area contributed by atoms with E-state index in [0.29, 0.717) is 11.3 Å². The number of halogens is 1. The zero-order valence-electron chi connectivity index (χ0n) is 9.88. The molecular formula is C11H13ClN4O3. The maximum atomic E-state index is 11.4. The van der Waals surface area contributed by atoms with Crippen molar-refractivity contribution in [3.63, 3.8) is 0 Å². The van der Waals surface area contributed by atoms with Crippen molar-refractivity contribution in [2.24, 2.45) is 5.84 Å². The summed E-state index contributed by atoms with van der Waals surface area (Å²) in [7, 11) is 0. The maximum Gasteiger partial charge on any atom is 0.259 e. The Bertz CT molecular complexity index is 470. The second-order valence-electron chi connectivity index (χ2n) is 3.30. The fourth-order valence-corrected chi connectivity index (χ4v) is 1.10. The summed E-state index contributed by atoms with van der Waals surface area (Å²) in [6, 6.07) is 8.33. The average Bonchev–Trinajstić information content (AvgIpc) is 2.39. The summed E-state index contributed by atoms with van der Waals surface area (Å²) in [6.45, 7) is -0.537. The number of benzene rings is 1. The third kappa shape index (κ3) is 6.38. The molecule has 2 amide bonds. The molecule has 0 aliphatic carbocycles. The van der Waals surface area contributed by atoms with Crippen molar-refractivity contribution in [2.75, 3.05) is 18.5 Å². The number of nitriles is 1. The second-order valence-corrected chi connectivity index (χ2v) is 3.30. The molecule has 0 radical (unpaired) electrons. The Morgan fingerprint density at radius 1 is 1.21 bits per heavy atom. The van der Waals surface area contributed by atoms with Gasteiger partial charge >= 0.3 is 0 Å². The van der Waals surface area contributed by atoms with Crippen molar-refractivity contribution in [2.45, 2.75) is 0 Å². The molecule has 0 saturated heterocycles. The first-order chi connectivity index (χ1) is 8.65. The number of nitrogens with two attached hydrogens (primary N) is 1. The van der Waals surface area contributed by atoms with Crippen LogP contribution < -0.4 is 16.6 Å². The van der Waals surface area contributed by atoms with Gasteiger partial charge < -0.3 is 10.1 Å². The number of carbonyl (C=O) groups is 2. The minimum atomic E-state index is -0.513. The van der Waals surface area contributed by atoms with Crippen LogP contribution in [0.5, 0.6) is 0 Å². The summed E-state index contributed by atoms with van der Waals surface area (Å²) < 4.78 is 4.81. The molecule has 1 aromatic rings. The van der Waals surface area contributed by atoms with Crippen LogP contribution in [0, 0.1) is 11.3 Å². The molecule has 0 spiro atoms. The van der Waals surface area contributed by atoms with E-state index in [4.69, 9.17) is 15.8 Å². The highest BCUT2D eigenvalue weighted by Crippen LogP contribution is 2.08. The number of rotatable bonds is 5. The van der Waals surface area contributed by atoms with Crippen LogP contribution in [0.3, 0.4) is 0 Å². The first-order valence-electron chi connectivity index (χ1n) is 5.03. The molecule has 4 N–H and O–H groups in total. The Morgan fingerprint density at radius 3 is 2.32 bits per heavy atom. The van der Waals surface area contributed by atoms with Gasteiger partial charge in [-0.15, -0.1) is 12.4 Å². The number of ether oxygens (including phenoxy) is 1. The predicted molar refractivity (Wildman–Crippen MR) is 70.2 cm³/mol. The lowest BCUT2D eigenvalue weighted by Gasteiger charge is -2.05. The Hall–Kier alpha value is -2.14. The van der Waals surface area contributed by atoms with E-state index in [1.165, 1.54) is 0 Å². The first kappa shape index (κ1) is 16.9. The number of hydrazine groups is 1. The molecule has 0 heterocycles. The third-order valence-corrected chi connectivity index (χ3v) is 1.93. The van der Waals surface area contributed by atoms with E-state index in [0.717, 1.165) is 0 Å². The molecule has 1 rings (SSSR count). The van der Waals surface area contributed by atoms with Crippen molar-refractivity contribution < 1.29 is 14.3 Å². The molecule has 7 nitrogen and oxygen atoms in total. The van der Waals surface area contributed by atoms with Crippen LogP contribution in [-0.4, -0.2) is 25.0 Å². The van der Waals surface area contributed by atoms with E-state index >= 15 is 0 Å². The van der Waals surface area contributed by atoms with Gasteiger partial charge in [0.2, 0.25) is 5.91 Å². The highest BCUT2D eigenvalue weighted by Gasteiger charge is 2.04. The molecule has 19 heavy (non-hydrogen) atoms. The molecule has 0 fully saturated rings. The quantitative estimate of drug-likeness (QED) is 0.397. The molecule has 0 atom stereocenters. The lowest BCUT2D eigenvalue weighted by atomic mass is 10.2. The molecule has 1 aromatic carbocycles. The Kier molecular flexibility index (Phi) is 7.88. The van der Waals surface area contributed by atoms with Crippen LogP contribution in [-0.2, 0) is 14.3 Å². The van der Waals surface area contributed by atoms with Crippen LogP contribution in [0.1, 0.15) is 5.56 Å². The van der Waals surface area contributed by atoms with E-state index in [-0.39, 0.29) is 25.6 Å². The fourth-order valence-electron chi connectivity index (χ4n) is 1.10. The molecular weight excluding hydrogens is 272 g/mol. The van der Waals surface area contributed by atoms with E-state index in [1.54, 1.807) is 24.3 Å². The van der Waals surface area contributed by atoms with Gasteiger partial charge in [0, 0.05) is 5.69 Å². The van der Waals surface area contributed by atoms with Crippen LogP contribution >= 0.6 is 12.4 Å². The topological polar surface area (TPSA) is 117 Å². The smallest absolute Gasteiger partial charge is 0.259 e. The highest BCUT2D eigenvalue weighted by atomic mass is 35.5. The molecule has 102 valence electrons. The molecule has 0 unspecified atom stereocenters. The standard InChI is InChI=1S/C11H12N4O3.ClH/c12-5-8-1-3-9(4-2-8)14-10(16)6-18-7-11(17)15-13;/h1-4H,6-7,13H2,(H,14,16)(H,15,17);1H. The largest absolute Gasteiger partial charge is 0.362 e. The summed E-state index contributed by atoms with van der Waals surface area (Å²) in [4.78, 5) is 22.1. The number of amides is 2. The fraction of sp³-hybridized carbons (Fsp3) is 0.182. The zero-order valence-corrected chi connectivity index (χ0v) is 10.7. The molecule has 0 aromatic heterocycles. The summed E-state index contributed by atoms with van der Waals surface area (Å²) in [5, 5.41) is 11.1. The number of carbonyl (C=O) groups excluding carboxylic acids is 2. The minimum absolute atomic E-state index is 0. The van der Waals surface area contributed by atoms with Gasteiger partial charge in [0.05, 0.1) is 11.6 Å². The molecule has 8 heteroatoms. The monoisotopic (exact) mass is 284 g/mol. The van der Waals surface area contributed by atoms with Crippen molar-refractivity contribution in [1.82, 2.24) is 5.43 Å².